The molecule has 2 aromatic rings. The second kappa shape index (κ2) is 6.09. The van der Waals surface area contributed by atoms with Gasteiger partial charge in [-0.15, -0.1) is 4.91 Å². The normalized spacial score (nSPS) is 12.1. The minimum atomic E-state index is -0.927. The molecule has 1 atom stereocenters. The highest BCUT2D eigenvalue weighted by Gasteiger charge is 2.19. The number of aryl methyl sites for hydroxylation is 1. The van der Waals surface area contributed by atoms with Crippen LogP contribution >= 0.6 is 0 Å². The fourth-order valence-electron chi connectivity index (χ4n) is 2.15. The highest BCUT2D eigenvalue weighted by Crippen LogP contribution is 2.20. The molecule has 0 bridgehead atoms. The van der Waals surface area contributed by atoms with Crippen molar-refractivity contribution in [3.05, 3.63) is 52.9 Å². The lowest BCUT2D eigenvalue weighted by molar-refractivity contribution is -0.142. The quantitative estimate of drug-likeness (QED) is 0.611. The van der Waals surface area contributed by atoms with Gasteiger partial charge in [0.2, 0.25) is 0 Å². The second-order valence-electron chi connectivity index (χ2n) is 4.32. The number of esters is 1. The Morgan fingerprint density at radius 2 is 1.95 bits per heavy atom. The van der Waals surface area contributed by atoms with Gasteiger partial charge in [0.15, 0.2) is 6.04 Å². The molecule has 2 aromatic carbocycles. The zero-order valence-electron chi connectivity index (χ0n) is 10.7. The van der Waals surface area contributed by atoms with E-state index in [1.807, 2.05) is 42.5 Å². The van der Waals surface area contributed by atoms with E-state index in [-0.39, 0.29) is 0 Å². The molecule has 0 saturated carbocycles. The summed E-state index contributed by atoms with van der Waals surface area (Å²) in [6.45, 7) is 0. The molecule has 0 aliphatic heterocycles. The molecule has 0 aromatic heterocycles. The number of nitroso groups, excluding NO2 is 1. The molecule has 4 nitrogen and oxygen atoms in total. The molecule has 2 rings (SSSR count). The predicted molar refractivity (Wildman–Crippen MR) is 73.9 cm³/mol. The Balaban J connectivity index is 2.17. The summed E-state index contributed by atoms with van der Waals surface area (Å²) in [5.41, 5.74) is 1.11. The monoisotopic (exact) mass is 257 g/mol. The zero-order valence-corrected chi connectivity index (χ0v) is 10.7. The van der Waals surface area contributed by atoms with Gasteiger partial charge in [-0.05, 0) is 29.2 Å². The van der Waals surface area contributed by atoms with Crippen LogP contribution in [-0.2, 0) is 16.0 Å². The van der Waals surface area contributed by atoms with Gasteiger partial charge in [-0.25, -0.2) is 4.79 Å². The summed E-state index contributed by atoms with van der Waals surface area (Å²) in [6, 6.07) is 13.1. The van der Waals surface area contributed by atoms with E-state index in [4.69, 9.17) is 0 Å². The predicted octanol–water partition coefficient (Wildman–Crippen LogP) is 3.08. The van der Waals surface area contributed by atoms with Gasteiger partial charge >= 0.3 is 5.97 Å². The van der Waals surface area contributed by atoms with Gasteiger partial charge in [0, 0.05) is 0 Å². The van der Waals surface area contributed by atoms with Gasteiger partial charge in [-0.1, -0.05) is 47.6 Å². The molecule has 0 aliphatic rings. The number of rotatable bonds is 5. The van der Waals surface area contributed by atoms with Crippen molar-refractivity contribution in [3.8, 4) is 0 Å². The van der Waals surface area contributed by atoms with Gasteiger partial charge in [-0.3, -0.25) is 0 Å². The largest absolute Gasteiger partial charge is 0.467 e. The van der Waals surface area contributed by atoms with Crippen LogP contribution in [0.2, 0.25) is 0 Å². The number of carbonyl (C=O) groups is 1. The van der Waals surface area contributed by atoms with E-state index in [0.717, 1.165) is 16.3 Å². The Morgan fingerprint density at radius 1 is 1.21 bits per heavy atom. The van der Waals surface area contributed by atoms with Crippen molar-refractivity contribution < 1.29 is 9.53 Å². The van der Waals surface area contributed by atoms with E-state index in [9.17, 15) is 9.70 Å². The summed E-state index contributed by atoms with van der Waals surface area (Å²) < 4.78 is 4.55. The minimum absolute atomic E-state index is 0.365. The third-order valence-electron chi connectivity index (χ3n) is 3.17. The molecule has 0 heterocycles. The number of methoxy groups -OCH3 is 1. The Bertz CT molecular complexity index is 589. The van der Waals surface area contributed by atoms with Crippen molar-refractivity contribution in [3.63, 3.8) is 0 Å². The fraction of sp³-hybridized carbons (Fsp3) is 0.267. The Morgan fingerprint density at radius 3 is 2.68 bits per heavy atom. The number of hydrogen-bond acceptors (Lipinski definition) is 4. The summed E-state index contributed by atoms with van der Waals surface area (Å²) in [7, 11) is 1.26. The average molecular weight is 257 g/mol. The first kappa shape index (κ1) is 13.2. The summed E-state index contributed by atoms with van der Waals surface area (Å²) in [5, 5.41) is 5.11. The van der Waals surface area contributed by atoms with Gasteiger partial charge in [0.1, 0.15) is 0 Å². The van der Waals surface area contributed by atoms with E-state index in [0.29, 0.717) is 12.8 Å². The third kappa shape index (κ3) is 2.96. The molecule has 0 N–H and O–H groups in total. The molecule has 4 heteroatoms. The maximum atomic E-state index is 11.3. The van der Waals surface area contributed by atoms with Crippen LogP contribution < -0.4 is 0 Å². The molecule has 98 valence electrons. The number of nitrogens with zero attached hydrogens (tertiary/aromatic N) is 1. The van der Waals surface area contributed by atoms with E-state index >= 15 is 0 Å². The van der Waals surface area contributed by atoms with Crippen LogP contribution in [0.4, 0.5) is 0 Å². The van der Waals surface area contributed by atoms with E-state index in [1.54, 1.807) is 0 Å². The van der Waals surface area contributed by atoms with Crippen molar-refractivity contribution in [1.82, 2.24) is 0 Å². The molecule has 0 amide bonds. The molecule has 0 radical (unpaired) electrons. The molecular formula is C15H15NO3. The third-order valence-corrected chi connectivity index (χ3v) is 3.17. The Kier molecular flexibility index (Phi) is 4.23. The smallest absolute Gasteiger partial charge is 0.334 e. The van der Waals surface area contributed by atoms with Crippen LogP contribution in [0.1, 0.15) is 12.0 Å². The molecule has 0 fully saturated rings. The first-order valence-electron chi connectivity index (χ1n) is 6.13. The van der Waals surface area contributed by atoms with Crippen LogP contribution in [0.15, 0.2) is 47.6 Å². The first-order chi connectivity index (χ1) is 9.26. The highest BCUT2D eigenvalue weighted by molar-refractivity contribution is 5.85. The number of ether oxygens (including phenoxy) is 1. The van der Waals surface area contributed by atoms with Crippen LogP contribution in [0.5, 0.6) is 0 Å². The summed E-state index contributed by atoms with van der Waals surface area (Å²) in [4.78, 5) is 22.0. The van der Waals surface area contributed by atoms with E-state index in [2.05, 4.69) is 9.91 Å². The SMILES string of the molecule is COC(=O)C(CCc1cccc2ccccc12)N=O. The van der Waals surface area contributed by atoms with E-state index in [1.165, 1.54) is 7.11 Å². The zero-order chi connectivity index (χ0) is 13.7. The van der Waals surface area contributed by atoms with Crippen molar-refractivity contribution in [2.75, 3.05) is 7.11 Å². The minimum Gasteiger partial charge on any atom is -0.467 e. The lowest BCUT2D eigenvalue weighted by Crippen LogP contribution is -2.20. The van der Waals surface area contributed by atoms with Crippen molar-refractivity contribution >= 4 is 16.7 Å². The maximum absolute atomic E-state index is 11.3. The number of carbonyl (C=O) groups excluding carboxylic acids is 1. The first-order valence-corrected chi connectivity index (χ1v) is 6.13. The highest BCUT2D eigenvalue weighted by atomic mass is 16.5. The van der Waals surface area contributed by atoms with Crippen LogP contribution in [-0.4, -0.2) is 19.1 Å². The fourth-order valence-corrected chi connectivity index (χ4v) is 2.15. The Hall–Kier alpha value is -2.23. The topological polar surface area (TPSA) is 55.7 Å². The van der Waals surface area contributed by atoms with Gasteiger partial charge in [0.25, 0.3) is 0 Å². The lowest BCUT2D eigenvalue weighted by Gasteiger charge is -2.09. The number of fused-ring (bicyclic) bond motifs is 1. The van der Waals surface area contributed by atoms with Crippen LogP contribution in [0, 0.1) is 4.91 Å². The maximum Gasteiger partial charge on any atom is 0.334 e. The molecular weight excluding hydrogens is 242 g/mol. The summed E-state index contributed by atoms with van der Waals surface area (Å²) in [5.74, 6) is -0.574. The van der Waals surface area contributed by atoms with E-state index < -0.39 is 12.0 Å². The lowest BCUT2D eigenvalue weighted by atomic mass is 9.99. The molecule has 1 unspecified atom stereocenters. The van der Waals surface area contributed by atoms with Gasteiger partial charge in [-0.2, -0.15) is 0 Å². The van der Waals surface area contributed by atoms with Crippen molar-refractivity contribution in [2.24, 2.45) is 5.18 Å². The Labute approximate surface area is 111 Å². The van der Waals surface area contributed by atoms with Crippen molar-refractivity contribution in [1.29, 1.82) is 0 Å². The van der Waals surface area contributed by atoms with Gasteiger partial charge < -0.3 is 4.74 Å². The standard InChI is InChI=1S/C15H15NO3/c1-19-15(17)14(16-18)10-9-12-7-4-6-11-5-2-3-8-13(11)12/h2-8,14H,9-10H2,1H3. The molecule has 0 saturated heterocycles. The summed E-state index contributed by atoms with van der Waals surface area (Å²) in [6.07, 6.45) is 0.983. The second-order valence-corrected chi connectivity index (χ2v) is 4.32. The van der Waals surface area contributed by atoms with Gasteiger partial charge in [0.05, 0.1) is 7.11 Å². The molecule has 0 aliphatic carbocycles. The van der Waals surface area contributed by atoms with Crippen LogP contribution in [0.3, 0.4) is 0 Å². The number of benzene rings is 2. The summed E-state index contributed by atoms with van der Waals surface area (Å²) >= 11 is 0. The van der Waals surface area contributed by atoms with Crippen molar-refractivity contribution in [2.45, 2.75) is 18.9 Å². The molecule has 0 spiro atoms. The number of hydrogen-bond donors (Lipinski definition) is 0. The molecule has 19 heavy (non-hydrogen) atoms. The average Bonchev–Trinajstić information content (AvgIpc) is 2.47. The van der Waals surface area contributed by atoms with Crippen LogP contribution in [0.25, 0.3) is 10.8 Å².